The first-order chi connectivity index (χ1) is 36.5. The van der Waals surface area contributed by atoms with Gasteiger partial charge in [0.15, 0.2) is 0 Å². The predicted molar refractivity (Wildman–Crippen MR) is 311 cm³/mol. The smallest absolute Gasteiger partial charge is 0.143 e. The number of nitrogens with zero attached hydrogens (tertiary/aromatic N) is 2. The minimum Gasteiger partial charge on any atom is -0.455 e. The summed E-state index contributed by atoms with van der Waals surface area (Å²) in [5.74, 6) is 1.74. The maximum Gasteiger partial charge on any atom is 0.143 e. The van der Waals surface area contributed by atoms with Gasteiger partial charge in [0.05, 0.1) is 5.69 Å². The van der Waals surface area contributed by atoms with Crippen molar-refractivity contribution in [3.05, 3.63) is 272 Å². The first-order valence-electron chi connectivity index (χ1n) is 25.9. The number of benzene rings is 11. The van der Waals surface area contributed by atoms with E-state index >= 15 is 0 Å². The molecule has 74 heavy (non-hydrogen) atoms. The summed E-state index contributed by atoms with van der Waals surface area (Å²) in [6.45, 7) is 4.77. The topological polar surface area (TPSA) is 15.7 Å². The Kier molecular flexibility index (Phi) is 10.3. The Morgan fingerprint density at radius 3 is 1.73 bits per heavy atom. The third-order valence-electron chi connectivity index (χ3n) is 15.7. The summed E-state index contributed by atoms with van der Waals surface area (Å²) in [7, 11) is 0. The van der Waals surface area contributed by atoms with E-state index < -0.39 is 0 Å². The number of anilines is 6. The van der Waals surface area contributed by atoms with Gasteiger partial charge in [0, 0.05) is 61.3 Å². The molecule has 11 aromatic rings. The van der Waals surface area contributed by atoms with Crippen LogP contribution in [0.15, 0.2) is 260 Å². The minimum absolute atomic E-state index is 0.0565. The van der Waals surface area contributed by atoms with Crippen molar-refractivity contribution in [2.75, 3.05) is 9.80 Å². The fraction of sp³-hybridized carbons (Fsp3) is 0.0704. The monoisotopic (exact) mass is 948 g/mol. The van der Waals surface area contributed by atoms with Gasteiger partial charge in [-0.15, -0.1) is 0 Å². The van der Waals surface area contributed by atoms with E-state index in [1.807, 2.05) is 0 Å². The van der Waals surface area contributed by atoms with Gasteiger partial charge in [0.1, 0.15) is 11.5 Å². The van der Waals surface area contributed by atoms with Gasteiger partial charge >= 0.3 is 0 Å². The average molecular weight is 949 g/mol. The lowest BCUT2D eigenvalue weighted by Crippen LogP contribution is -2.17. The van der Waals surface area contributed by atoms with Crippen molar-refractivity contribution in [1.82, 2.24) is 0 Å². The average Bonchev–Trinajstić information content (AvgIpc) is 3.69. The number of ether oxygens (including phenoxy) is 1. The number of para-hydroxylation sites is 3. The van der Waals surface area contributed by atoms with Gasteiger partial charge in [-0.3, -0.25) is 0 Å². The van der Waals surface area contributed by atoms with Crippen molar-refractivity contribution in [3.8, 4) is 56.0 Å². The van der Waals surface area contributed by atoms with E-state index in [4.69, 9.17) is 4.74 Å². The third kappa shape index (κ3) is 7.18. The molecule has 352 valence electrons. The molecule has 3 nitrogen and oxygen atoms in total. The number of fused-ring (bicyclic) bond motifs is 5. The summed E-state index contributed by atoms with van der Waals surface area (Å²) in [5, 5.41) is 4.61. The number of allylic oxidation sites excluding steroid dienone is 4. The fourth-order valence-corrected chi connectivity index (χ4v) is 12.1. The second kappa shape index (κ2) is 17.5. The van der Waals surface area contributed by atoms with E-state index in [0.29, 0.717) is 0 Å². The molecule has 0 spiro atoms. The molecule has 0 unspecified atom stereocenters. The SMILES string of the molecule is CC1(C)C2=C(CCC=C2)c2cc(N(c3ccc(-c4ccccc4)cc3)c3cc(-c4ccc5cccc6c5c4Oc4c(-c5ccc(N(c7ccccc7)c7ccccc7)cc5)cccc4-6)cc4ccccc34)ccc21. The lowest BCUT2D eigenvalue weighted by Gasteiger charge is -2.30. The van der Waals surface area contributed by atoms with Crippen LogP contribution in [-0.4, -0.2) is 0 Å². The molecule has 0 bridgehead atoms. The summed E-state index contributed by atoms with van der Waals surface area (Å²) in [6.07, 6.45) is 6.85. The number of hydrogen-bond acceptors (Lipinski definition) is 3. The molecule has 1 heterocycles. The van der Waals surface area contributed by atoms with E-state index in [1.165, 1.54) is 44.3 Å². The molecule has 1 aliphatic heterocycles. The molecule has 3 aliphatic rings. The Bertz CT molecular complexity index is 4000. The lowest BCUT2D eigenvalue weighted by molar-refractivity contribution is 0.490. The van der Waals surface area contributed by atoms with Crippen LogP contribution in [0.5, 0.6) is 11.5 Å². The Balaban J connectivity index is 0.920. The quantitative estimate of drug-likeness (QED) is 0.143. The second-order valence-corrected chi connectivity index (χ2v) is 20.3. The van der Waals surface area contributed by atoms with E-state index in [-0.39, 0.29) is 5.41 Å². The van der Waals surface area contributed by atoms with Gasteiger partial charge in [-0.25, -0.2) is 0 Å². The van der Waals surface area contributed by atoms with Crippen LogP contribution in [0.2, 0.25) is 0 Å². The standard InChI is InChI=1S/C71H52N2O/c1-71(2)65-31-15-14-27-61(65)64-46-57(41-43-66(64)71)73(56-37-32-48(33-38-56)47-18-6-3-7-19-47)67-45-52(44-51-20-12-13-26-58(51)67)60-42-36-50-21-16-29-62-63-30-17-28-59(69(63)74-70(60)68(50)62)49-34-39-55(40-35-49)72(53-22-8-4-9-23-53)54-24-10-5-11-25-54/h3-13,15-26,28-46H,14,27H2,1-2H3. The van der Waals surface area contributed by atoms with Gasteiger partial charge in [-0.05, 0) is 153 Å². The van der Waals surface area contributed by atoms with Crippen molar-refractivity contribution in [1.29, 1.82) is 0 Å². The van der Waals surface area contributed by atoms with Crippen LogP contribution in [0.3, 0.4) is 0 Å². The van der Waals surface area contributed by atoms with Gasteiger partial charge < -0.3 is 14.5 Å². The number of rotatable bonds is 9. The van der Waals surface area contributed by atoms with Crippen LogP contribution < -0.4 is 14.5 Å². The van der Waals surface area contributed by atoms with Crippen molar-refractivity contribution in [3.63, 3.8) is 0 Å². The summed E-state index contributed by atoms with van der Waals surface area (Å²) >= 11 is 0. The van der Waals surface area contributed by atoms with E-state index in [1.54, 1.807) is 0 Å². The lowest BCUT2D eigenvalue weighted by atomic mass is 9.80. The third-order valence-corrected chi connectivity index (χ3v) is 15.7. The largest absolute Gasteiger partial charge is 0.455 e. The molecular formula is C71H52N2O. The molecule has 2 aliphatic carbocycles. The van der Waals surface area contributed by atoms with Gasteiger partial charge in [0.2, 0.25) is 0 Å². The van der Waals surface area contributed by atoms with Crippen molar-refractivity contribution >= 4 is 61.2 Å². The molecule has 0 aromatic heterocycles. The van der Waals surface area contributed by atoms with Gasteiger partial charge in [-0.2, -0.15) is 0 Å². The maximum atomic E-state index is 7.46. The fourth-order valence-electron chi connectivity index (χ4n) is 12.1. The summed E-state index contributed by atoms with van der Waals surface area (Å²) < 4.78 is 7.46. The molecule has 0 atom stereocenters. The first-order valence-corrected chi connectivity index (χ1v) is 25.9. The summed E-state index contributed by atoms with van der Waals surface area (Å²) in [4.78, 5) is 4.78. The van der Waals surface area contributed by atoms with E-state index in [0.717, 1.165) is 102 Å². The highest BCUT2D eigenvalue weighted by atomic mass is 16.5. The van der Waals surface area contributed by atoms with Crippen molar-refractivity contribution in [2.45, 2.75) is 32.1 Å². The molecule has 14 rings (SSSR count). The van der Waals surface area contributed by atoms with Crippen LogP contribution in [-0.2, 0) is 5.41 Å². The van der Waals surface area contributed by atoms with Crippen molar-refractivity contribution < 1.29 is 4.74 Å². The molecule has 0 radical (unpaired) electrons. The van der Waals surface area contributed by atoms with Crippen LogP contribution in [0, 0.1) is 0 Å². The predicted octanol–water partition coefficient (Wildman–Crippen LogP) is 20.1. The highest BCUT2D eigenvalue weighted by molar-refractivity contribution is 6.10. The molecule has 3 heteroatoms. The normalized spacial score (nSPS) is 13.8. The highest BCUT2D eigenvalue weighted by Crippen LogP contribution is 2.56. The first kappa shape index (κ1) is 43.6. The Labute approximate surface area is 433 Å². The van der Waals surface area contributed by atoms with Gasteiger partial charge in [0.25, 0.3) is 0 Å². The zero-order valence-electron chi connectivity index (χ0n) is 41.5. The zero-order chi connectivity index (χ0) is 49.3. The minimum atomic E-state index is -0.0565. The Morgan fingerprint density at radius 1 is 0.392 bits per heavy atom. The summed E-state index contributed by atoms with van der Waals surface area (Å²) in [6, 6.07) is 88.3. The van der Waals surface area contributed by atoms with Crippen LogP contribution >= 0.6 is 0 Å². The molecule has 0 saturated carbocycles. The molecular weight excluding hydrogens is 897 g/mol. The van der Waals surface area contributed by atoms with Crippen LogP contribution in [0.4, 0.5) is 34.1 Å². The second-order valence-electron chi connectivity index (χ2n) is 20.3. The Morgan fingerprint density at radius 2 is 0.973 bits per heavy atom. The Hall–Kier alpha value is -9.18. The summed E-state index contributed by atoms with van der Waals surface area (Å²) in [5.41, 5.74) is 21.2. The molecule has 0 N–H and O–H groups in total. The molecule has 11 aromatic carbocycles. The number of hydrogen-bond donors (Lipinski definition) is 0. The zero-order valence-corrected chi connectivity index (χ0v) is 41.5. The van der Waals surface area contributed by atoms with Crippen LogP contribution in [0.1, 0.15) is 37.8 Å². The van der Waals surface area contributed by atoms with E-state index in [2.05, 4.69) is 278 Å². The molecule has 0 saturated heterocycles. The highest BCUT2D eigenvalue weighted by Gasteiger charge is 2.38. The van der Waals surface area contributed by atoms with Crippen LogP contribution in [0.25, 0.3) is 71.6 Å². The maximum absolute atomic E-state index is 7.46. The molecule has 0 amide bonds. The van der Waals surface area contributed by atoms with Crippen molar-refractivity contribution in [2.24, 2.45) is 0 Å². The molecule has 0 fully saturated rings. The van der Waals surface area contributed by atoms with Gasteiger partial charge in [-0.1, -0.05) is 190 Å². The van der Waals surface area contributed by atoms with E-state index in [9.17, 15) is 0 Å².